The summed E-state index contributed by atoms with van der Waals surface area (Å²) in [7, 11) is 0.0902. The predicted octanol–water partition coefficient (Wildman–Crippen LogP) is 5.86. The summed E-state index contributed by atoms with van der Waals surface area (Å²) in [5.74, 6) is 0. The van der Waals surface area contributed by atoms with Gasteiger partial charge in [-0.2, -0.15) is 8.42 Å². The van der Waals surface area contributed by atoms with Crippen molar-refractivity contribution in [3.63, 3.8) is 0 Å². The zero-order chi connectivity index (χ0) is 23.1. The van der Waals surface area contributed by atoms with Crippen molar-refractivity contribution in [1.82, 2.24) is 4.98 Å². The molecule has 4 aromatic rings. The van der Waals surface area contributed by atoms with Gasteiger partial charge < -0.3 is 4.90 Å². The lowest BCUT2D eigenvalue weighted by Gasteiger charge is -2.11. The monoisotopic (exact) mass is 466 g/mol. The number of para-hydroxylation sites is 1. The quantitative estimate of drug-likeness (QED) is 0.373. The second-order valence-electron chi connectivity index (χ2n) is 7.50. The predicted molar refractivity (Wildman–Crippen MR) is 134 cm³/mol. The molecule has 3 aromatic carbocycles. The van der Waals surface area contributed by atoms with Crippen LogP contribution in [0.3, 0.4) is 0 Å². The summed E-state index contributed by atoms with van der Waals surface area (Å²) in [4.78, 5) is 6.50. The third-order valence-corrected chi connectivity index (χ3v) is 6.48. The van der Waals surface area contributed by atoms with Crippen LogP contribution in [0.15, 0.2) is 83.2 Å². The molecule has 0 bridgehead atoms. The molecule has 0 aliphatic carbocycles. The number of aromatic nitrogens is 1. The number of benzene rings is 3. The third-order valence-electron chi connectivity index (χ3n) is 4.82. The number of rotatable bonds is 5. The molecule has 0 unspecified atom stereocenters. The van der Waals surface area contributed by atoms with Crippen molar-refractivity contribution in [3.05, 3.63) is 95.0 Å². The highest BCUT2D eigenvalue weighted by atomic mass is 32.2. The third kappa shape index (κ3) is 6.50. The Kier molecular flexibility index (Phi) is 7.80. The maximum atomic E-state index is 10.5. The molecular formula is C25H26N2O3S2. The van der Waals surface area contributed by atoms with E-state index in [9.17, 15) is 8.42 Å². The normalized spacial score (nSPS) is 11.4. The van der Waals surface area contributed by atoms with E-state index in [0.717, 1.165) is 17.5 Å². The van der Waals surface area contributed by atoms with Crippen molar-refractivity contribution >= 4 is 43.4 Å². The molecule has 0 saturated carbocycles. The number of nitrogens with zero attached hydrogens (tertiary/aromatic N) is 2. The van der Waals surface area contributed by atoms with Crippen LogP contribution in [0.5, 0.6) is 0 Å². The van der Waals surface area contributed by atoms with Crippen molar-refractivity contribution in [2.75, 3.05) is 19.0 Å². The van der Waals surface area contributed by atoms with E-state index in [1.807, 2.05) is 12.4 Å². The van der Waals surface area contributed by atoms with E-state index in [1.165, 1.54) is 33.6 Å². The molecule has 0 aliphatic rings. The summed E-state index contributed by atoms with van der Waals surface area (Å²) in [5, 5.41) is 0. The molecule has 166 valence electrons. The van der Waals surface area contributed by atoms with E-state index in [1.54, 1.807) is 23.5 Å². The van der Waals surface area contributed by atoms with Crippen LogP contribution in [0.4, 0.5) is 5.69 Å². The lowest BCUT2D eigenvalue weighted by atomic mass is 10.1. The van der Waals surface area contributed by atoms with Gasteiger partial charge in [-0.1, -0.05) is 54.1 Å². The van der Waals surface area contributed by atoms with Crippen LogP contribution >= 0.6 is 11.3 Å². The first kappa shape index (κ1) is 23.7. The Morgan fingerprint density at radius 3 is 2.31 bits per heavy atom. The molecule has 0 radical (unpaired) electrons. The van der Waals surface area contributed by atoms with Gasteiger partial charge in [0.25, 0.3) is 10.1 Å². The minimum atomic E-state index is -4.02. The van der Waals surface area contributed by atoms with Gasteiger partial charge in [-0.3, -0.25) is 4.55 Å². The number of fused-ring (bicyclic) bond motifs is 1. The summed E-state index contributed by atoms with van der Waals surface area (Å²) in [6, 6.07) is 20.9. The van der Waals surface area contributed by atoms with Crippen LogP contribution in [-0.4, -0.2) is 32.0 Å². The van der Waals surface area contributed by atoms with Crippen LogP contribution in [0.1, 0.15) is 16.7 Å². The minimum Gasteiger partial charge on any atom is -0.378 e. The zero-order valence-electron chi connectivity index (χ0n) is 18.3. The highest BCUT2D eigenvalue weighted by Crippen LogP contribution is 2.22. The van der Waals surface area contributed by atoms with Crippen LogP contribution in [0.2, 0.25) is 0 Å². The average Bonchev–Trinajstić information content (AvgIpc) is 3.24. The smallest absolute Gasteiger partial charge is 0.294 e. The number of hydrogen-bond acceptors (Lipinski definition) is 5. The van der Waals surface area contributed by atoms with Crippen molar-refractivity contribution in [3.8, 4) is 0 Å². The zero-order valence-corrected chi connectivity index (χ0v) is 19.9. The molecule has 0 amide bonds. The standard InChI is InChI=1S/C18H18N2S.C7H8O3S/c1-20(2)16-11-9-14(10-12-16)5-3-6-15-7-4-8-17-18(15)19-13-21-17;1-6-2-4-7(5-3-6)11(8,9)10/h3-5,7-13H,6H2,1-2H3;2-5H,1H3,(H,8,9,10). The number of anilines is 1. The maximum Gasteiger partial charge on any atom is 0.294 e. The summed E-state index contributed by atoms with van der Waals surface area (Å²) in [6.45, 7) is 1.84. The fourth-order valence-electron chi connectivity index (χ4n) is 3.03. The molecule has 1 N–H and O–H groups in total. The fraction of sp³-hybridized carbons (Fsp3) is 0.160. The molecular weight excluding hydrogens is 440 g/mol. The summed E-state index contributed by atoms with van der Waals surface area (Å²) >= 11 is 1.70. The largest absolute Gasteiger partial charge is 0.378 e. The molecule has 0 fully saturated rings. The van der Waals surface area contributed by atoms with Crippen LogP contribution < -0.4 is 4.90 Å². The molecule has 0 aliphatic heterocycles. The average molecular weight is 467 g/mol. The Labute approximate surface area is 193 Å². The first-order valence-corrected chi connectivity index (χ1v) is 12.3. The Morgan fingerprint density at radius 2 is 1.69 bits per heavy atom. The number of thiazole rings is 1. The molecule has 1 aromatic heterocycles. The van der Waals surface area contributed by atoms with Gasteiger partial charge in [0.2, 0.25) is 0 Å². The molecule has 7 heteroatoms. The Morgan fingerprint density at radius 1 is 1.00 bits per heavy atom. The molecule has 0 saturated heterocycles. The van der Waals surface area contributed by atoms with Crippen LogP contribution in [0.25, 0.3) is 16.3 Å². The molecule has 0 spiro atoms. The fourth-order valence-corrected chi connectivity index (χ4v) is 4.23. The van der Waals surface area contributed by atoms with Gasteiger partial charge in [0.1, 0.15) is 0 Å². The second kappa shape index (κ2) is 10.5. The lowest BCUT2D eigenvalue weighted by molar-refractivity contribution is 0.483. The van der Waals surface area contributed by atoms with Gasteiger partial charge in [0, 0.05) is 19.8 Å². The Bertz CT molecular complexity index is 1290. The van der Waals surface area contributed by atoms with Crippen LogP contribution in [-0.2, 0) is 16.5 Å². The van der Waals surface area contributed by atoms with Crippen LogP contribution in [0, 0.1) is 6.92 Å². The topological polar surface area (TPSA) is 70.5 Å². The van der Waals surface area contributed by atoms with Gasteiger partial charge in [-0.05, 0) is 54.8 Å². The highest BCUT2D eigenvalue weighted by molar-refractivity contribution is 7.85. The van der Waals surface area contributed by atoms with Crippen molar-refractivity contribution in [2.24, 2.45) is 0 Å². The SMILES string of the molecule is CN(C)c1ccc(C=CCc2cccc3scnc23)cc1.Cc1ccc(S(=O)(=O)O)cc1. The van der Waals surface area contributed by atoms with Gasteiger partial charge in [0.05, 0.1) is 20.6 Å². The first-order chi connectivity index (χ1) is 15.2. The second-order valence-corrected chi connectivity index (χ2v) is 9.80. The molecule has 4 rings (SSSR count). The molecule has 0 atom stereocenters. The Balaban J connectivity index is 0.000000222. The van der Waals surface area contributed by atoms with E-state index >= 15 is 0 Å². The van der Waals surface area contributed by atoms with E-state index < -0.39 is 10.1 Å². The van der Waals surface area contributed by atoms with Gasteiger partial charge >= 0.3 is 0 Å². The first-order valence-electron chi connectivity index (χ1n) is 10.0. The van der Waals surface area contributed by atoms with Crippen molar-refractivity contribution < 1.29 is 13.0 Å². The summed E-state index contributed by atoms with van der Waals surface area (Å²) < 4.78 is 30.8. The minimum absolute atomic E-state index is 0.0666. The Hall–Kier alpha value is -3.00. The molecule has 1 heterocycles. The number of allylic oxidation sites excluding steroid dienone is 1. The van der Waals surface area contributed by atoms with E-state index in [4.69, 9.17) is 4.55 Å². The van der Waals surface area contributed by atoms with E-state index in [-0.39, 0.29) is 4.90 Å². The van der Waals surface area contributed by atoms with Gasteiger partial charge in [0.15, 0.2) is 0 Å². The van der Waals surface area contributed by atoms with Gasteiger partial charge in [-0.15, -0.1) is 11.3 Å². The van der Waals surface area contributed by atoms with Crippen molar-refractivity contribution in [1.29, 1.82) is 0 Å². The number of hydrogen-bond donors (Lipinski definition) is 1. The molecule has 5 nitrogen and oxygen atoms in total. The van der Waals surface area contributed by atoms with Gasteiger partial charge in [-0.25, -0.2) is 4.98 Å². The molecule has 32 heavy (non-hydrogen) atoms. The maximum absolute atomic E-state index is 10.5. The van der Waals surface area contributed by atoms with E-state index in [2.05, 4.69) is 78.6 Å². The van der Waals surface area contributed by atoms with E-state index in [0.29, 0.717) is 0 Å². The summed E-state index contributed by atoms with van der Waals surface area (Å²) in [5.41, 5.74) is 7.74. The number of aryl methyl sites for hydroxylation is 1. The van der Waals surface area contributed by atoms with Crippen molar-refractivity contribution in [2.45, 2.75) is 18.2 Å². The lowest BCUT2D eigenvalue weighted by Crippen LogP contribution is -2.07. The summed E-state index contributed by atoms with van der Waals surface area (Å²) in [6.07, 6.45) is 5.29. The highest BCUT2D eigenvalue weighted by Gasteiger charge is 2.06.